The van der Waals surface area contributed by atoms with Crippen LogP contribution in [0.15, 0.2) is 30.1 Å². The highest BCUT2D eigenvalue weighted by Gasteiger charge is 2.32. The van der Waals surface area contributed by atoms with E-state index in [1.165, 1.54) is 12.1 Å². The summed E-state index contributed by atoms with van der Waals surface area (Å²) in [6, 6.07) is 4.21. The fraction of sp³-hybridized carbons (Fsp3) is 0.308. The second-order valence-corrected chi connectivity index (χ2v) is 4.23. The number of rotatable bonds is 3. The van der Waals surface area contributed by atoms with Crippen molar-refractivity contribution < 1.29 is 22.4 Å². The van der Waals surface area contributed by atoms with Crippen LogP contribution in [-0.2, 0) is 11.0 Å². The molecule has 1 aromatic carbocycles. The van der Waals surface area contributed by atoms with E-state index in [1.54, 1.807) is 0 Å². The molecule has 0 aromatic heterocycles. The summed E-state index contributed by atoms with van der Waals surface area (Å²) in [4.78, 5) is 10.5. The molecule has 2 rings (SSSR count). The van der Waals surface area contributed by atoms with E-state index in [0.29, 0.717) is 5.56 Å². The van der Waals surface area contributed by atoms with E-state index in [9.17, 15) is 22.4 Å². The Labute approximate surface area is 101 Å². The van der Waals surface area contributed by atoms with Gasteiger partial charge in [-0.15, -0.1) is 0 Å². The third kappa shape index (κ3) is 2.60. The van der Waals surface area contributed by atoms with E-state index < -0.39 is 17.6 Å². The molecule has 5 heteroatoms. The Morgan fingerprint density at radius 3 is 2.11 bits per heavy atom. The Bertz CT molecular complexity index is 481. The van der Waals surface area contributed by atoms with Crippen LogP contribution in [-0.4, -0.2) is 6.29 Å². The van der Waals surface area contributed by atoms with Gasteiger partial charge in [-0.25, -0.2) is 4.39 Å². The summed E-state index contributed by atoms with van der Waals surface area (Å²) in [5.74, 6) is -0.941. The first-order valence-corrected chi connectivity index (χ1v) is 5.46. The summed E-state index contributed by atoms with van der Waals surface area (Å²) in [7, 11) is 0. The zero-order valence-electron chi connectivity index (χ0n) is 9.30. The lowest BCUT2D eigenvalue weighted by molar-refractivity contribution is -0.137. The average molecular weight is 258 g/mol. The smallest absolute Gasteiger partial charge is 0.295 e. The fourth-order valence-electron chi connectivity index (χ4n) is 1.84. The van der Waals surface area contributed by atoms with Crippen LogP contribution in [0.4, 0.5) is 17.6 Å². The fourth-order valence-corrected chi connectivity index (χ4v) is 1.84. The van der Waals surface area contributed by atoms with Crippen molar-refractivity contribution >= 4 is 11.9 Å². The van der Waals surface area contributed by atoms with Crippen LogP contribution in [0, 0.1) is 5.92 Å². The lowest BCUT2D eigenvalue weighted by Gasteiger charge is -2.09. The van der Waals surface area contributed by atoms with Crippen LogP contribution >= 0.6 is 0 Å². The van der Waals surface area contributed by atoms with Crippen molar-refractivity contribution in [3.8, 4) is 0 Å². The summed E-state index contributed by atoms with van der Waals surface area (Å²) >= 11 is 0. The maximum absolute atomic E-state index is 13.4. The minimum atomic E-state index is -4.41. The molecule has 1 aliphatic rings. The Hall–Kier alpha value is -1.65. The molecule has 0 aliphatic heterocycles. The molecule has 0 amide bonds. The third-order valence-corrected chi connectivity index (χ3v) is 2.87. The van der Waals surface area contributed by atoms with Gasteiger partial charge in [-0.1, -0.05) is 12.1 Å². The van der Waals surface area contributed by atoms with Crippen LogP contribution in [0.2, 0.25) is 0 Å². The van der Waals surface area contributed by atoms with E-state index in [0.717, 1.165) is 25.0 Å². The number of carbonyl (C=O) groups excluding carboxylic acids is 1. The third-order valence-electron chi connectivity index (χ3n) is 2.87. The van der Waals surface area contributed by atoms with Crippen molar-refractivity contribution in [1.82, 2.24) is 0 Å². The standard InChI is InChI=1S/C13H10F4O/c14-11(7-18)12(8-1-2-8)9-3-5-10(6-4-9)13(15,16)17/h3-8H,1-2H2/b12-11-. The normalized spacial score (nSPS) is 17.3. The first-order valence-electron chi connectivity index (χ1n) is 5.46. The van der Waals surface area contributed by atoms with Crippen molar-refractivity contribution in [3.63, 3.8) is 0 Å². The summed E-state index contributed by atoms with van der Waals surface area (Å²) in [6.45, 7) is 0. The highest BCUT2D eigenvalue weighted by molar-refractivity contribution is 5.87. The molecular weight excluding hydrogens is 248 g/mol. The predicted octanol–water partition coefficient (Wildman–Crippen LogP) is 3.99. The van der Waals surface area contributed by atoms with Gasteiger partial charge in [0.25, 0.3) is 0 Å². The largest absolute Gasteiger partial charge is 0.416 e. The minimum absolute atomic E-state index is 0.0491. The van der Waals surface area contributed by atoms with Crippen molar-refractivity contribution in [2.45, 2.75) is 19.0 Å². The minimum Gasteiger partial charge on any atom is -0.295 e. The lowest BCUT2D eigenvalue weighted by atomic mass is 9.99. The first kappa shape index (κ1) is 12.8. The zero-order chi connectivity index (χ0) is 13.3. The number of hydrogen-bond acceptors (Lipinski definition) is 1. The Balaban J connectivity index is 2.36. The number of carbonyl (C=O) groups is 1. The summed E-state index contributed by atoms with van der Waals surface area (Å²) in [6.07, 6.45) is -2.79. The highest BCUT2D eigenvalue weighted by Crippen LogP contribution is 2.44. The van der Waals surface area contributed by atoms with Gasteiger partial charge in [-0.3, -0.25) is 4.79 Å². The van der Waals surface area contributed by atoms with Crippen LogP contribution in [0.1, 0.15) is 24.0 Å². The molecule has 0 bridgehead atoms. The molecule has 0 saturated heterocycles. The molecule has 0 spiro atoms. The molecule has 1 aromatic rings. The van der Waals surface area contributed by atoms with E-state index in [4.69, 9.17) is 0 Å². The van der Waals surface area contributed by atoms with Gasteiger partial charge in [0.15, 0.2) is 12.1 Å². The SMILES string of the molecule is O=C/C(F)=C(/c1ccc(C(F)(F)F)cc1)C1CC1. The Morgan fingerprint density at radius 1 is 1.17 bits per heavy atom. The number of benzene rings is 1. The quantitative estimate of drug-likeness (QED) is 0.455. The topological polar surface area (TPSA) is 17.1 Å². The molecule has 18 heavy (non-hydrogen) atoms. The predicted molar refractivity (Wildman–Crippen MR) is 58.3 cm³/mol. The molecule has 1 aliphatic carbocycles. The summed E-state index contributed by atoms with van der Waals surface area (Å²) < 4.78 is 50.5. The maximum Gasteiger partial charge on any atom is 0.416 e. The van der Waals surface area contributed by atoms with E-state index in [2.05, 4.69) is 0 Å². The van der Waals surface area contributed by atoms with E-state index in [-0.39, 0.29) is 17.8 Å². The van der Waals surface area contributed by atoms with Crippen LogP contribution in [0.25, 0.3) is 5.57 Å². The Morgan fingerprint density at radius 2 is 1.72 bits per heavy atom. The number of hydrogen-bond donors (Lipinski definition) is 0. The van der Waals surface area contributed by atoms with Gasteiger partial charge in [-0.2, -0.15) is 13.2 Å². The van der Waals surface area contributed by atoms with Crippen molar-refractivity contribution in [2.24, 2.45) is 5.92 Å². The van der Waals surface area contributed by atoms with Crippen LogP contribution in [0.5, 0.6) is 0 Å². The molecule has 0 heterocycles. The molecular formula is C13H10F4O. The van der Waals surface area contributed by atoms with Gasteiger partial charge in [0, 0.05) is 5.57 Å². The zero-order valence-corrected chi connectivity index (χ0v) is 9.30. The van der Waals surface area contributed by atoms with Gasteiger partial charge in [0.05, 0.1) is 5.56 Å². The van der Waals surface area contributed by atoms with Gasteiger partial charge in [-0.05, 0) is 36.5 Å². The molecule has 1 nitrogen and oxygen atoms in total. The van der Waals surface area contributed by atoms with Crippen LogP contribution in [0.3, 0.4) is 0 Å². The molecule has 0 radical (unpaired) electrons. The van der Waals surface area contributed by atoms with E-state index in [1.807, 2.05) is 0 Å². The second-order valence-electron chi connectivity index (χ2n) is 4.23. The maximum atomic E-state index is 13.4. The molecule has 0 unspecified atom stereocenters. The Kier molecular flexibility index (Phi) is 3.24. The van der Waals surface area contributed by atoms with Crippen LogP contribution < -0.4 is 0 Å². The monoisotopic (exact) mass is 258 g/mol. The summed E-state index contributed by atoms with van der Waals surface area (Å²) in [5, 5.41) is 0. The first-order chi connectivity index (χ1) is 8.43. The molecule has 0 N–H and O–H groups in total. The molecule has 1 fully saturated rings. The van der Waals surface area contributed by atoms with Crippen molar-refractivity contribution in [1.29, 1.82) is 0 Å². The van der Waals surface area contributed by atoms with Gasteiger partial charge < -0.3 is 0 Å². The number of halogens is 4. The second kappa shape index (κ2) is 4.55. The number of allylic oxidation sites excluding steroid dienone is 2. The van der Waals surface area contributed by atoms with Gasteiger partial charge >= 0.3 is 6.18 Å². The highest BCUT2D eigenvalue weighted by atomic mass is 19.4. The summed E-state index contributed by atoms with van der Waals surface area (Å²) in [5.41, 5.74) is -0.221. The van der Waals surface area contributed by atoms with Crippen molar-refractivity contribution in [3.05, 3.63) is 41.2 Å². The molecule has 1 saturated carbocycles. The lowest BCUT2D eigenvalue weighted by Crippen LogP contribution is -2.04. The molecule has 96 valence electrons. The van der Waals surface area contributed by atoms with Crippen molar-refractivity contribution in [2.75, 3.05) is 0 Å². The average Bonchev–Trinajstić information content (AvgIpc) is 3.13. The number of aldehydes is 1. The molecule has 0 atom stereocenters. The van der Waals surface area contributed by atoms with E-state index >= 15 is 0 Å². The van der Waals surface area contributed by atoms with Gasteiger partial charge in [0.2, 0.25) is 0 Å². The number of alkyl halides is 3. The van der Waals surface area contributed by atoms with Gasteiger partial charge in [0.1, 0.15) is 0 Å².